The zero-order valence-electron chi connectivity index (χ0n) is 9.71. The zero-order chi connectivity index (χ0) is 11.5. The van der Waals surface area contributed by atoms with Crippen LogP contribution in [0.5, 0.6) is 0 Å². The molecule has 0 spiro atoms. The zero-order valence-corrected chi connectivity index (χ0v) is 9.71. The summed E-state index contributed by atoms with van der Waals surface area (Å²) >= 11 is 0. The molecule has 5 nitrogen and oxygen atoms in total. The van der Waals surface area contributed by atoms with Gasteiger partial charge in [0.1, 0.15) is 0 Å². The number of H-pyrrole nitrogens is 1. The highest BCUT2D eigenvalue weighted by Crippen LogP contribution is 2.12. The number of carbonyl (C=O) groups excluding carboxylic acids is 1. The Morgan fingerprint density at radius 2 is 2.56 bits per heavy atom. The molecule has 2 rings (SSSR count). The molecule has 0 saturated heterocycles. The van der Waals surface area contributed by atoms with Gasteiger partial charge in [0.05, 0.1) is 23.8 Å². The second-order valence-corrected chi connectivity index (χ2v) is 4.28. The van der Waals surface area contributed by atoms with Crippen molar-refractivity contribution in [3.63, 3.8) is 0 Å². The summed E-state index contributed by atoms with van der Waals surface area (Å²) in [6.07, 6.45) is 3.30. The van der Waals surface area contributed by atoms with Gasteiger partial charge in [0.25, 0.3) is 0 Å². The molecule has 2 unspecified atom stereocenters. The molecule has 1 aliphatic heterocycles. The number of nitrogens with zero attached hydrogens (tertiary/aromatic N) is 1. The van der Waals surface area contributed by atoms with Gasteiger partial charge in [0.15, 0.2) is 0 Å². The molecule has 0 fully saturated rings. The fourth-order valence-electron chi connectivity index (χ4n) is 1.80. The highest BCUT2D eigenvalue weighted by molar-refractivity contribution is 5.82. The number of aromatic nitrogens is 2. The minimum atomic E-state index is -0.148. The Kier molecular flexibility index (Phi) is 3.24. The SMILES string of the molecule is CCC(C)NC(=O)C1Cc2nc[nH]c2CN1. The maximum Gasteiger partial charge on any atom is 0.237 e. The Balaban J connectivity index is 1.95. The molecule has 16 heavy (non-hydrogen) atoms. The third kappa shape index (κ3) is 2.24. The molecule has 0 aromatic carbocycles. The van der Waals surface area contributed by atoms with Gasteiger partial charge in [-0.1, -0.05) is 6.92 Å². The van der Waals surface area contributed by atoms with Crippen molar-refractivity contribution in [1.29, 1.82) is 0 Å². The fraction of sp³-hybridized carbons (Fsp3) is 0.636. The molecular formula is C11H18N4O. The van der Waals surface area contributed by atoms with Crippen LogP contribution in [-0.2, 0) is 17.8 Å². The first-order valence-electron chi connectivity index (χ1n) is 5.75. The first-order valence-corrected chi connectivity index (χ1v) is 5.75. The lowest BCUT2D eigenvalue weighted by molar-refractivity contribution is -0.124. The predicted octanol–water partition coefficient (Wildman–Crippen LogP) is 0.339. The maximum absolute atomic E-state index is 11.9. The van der Waals surface area contributed by atoms with Gasteiger partial charge in [-0.3, -0.25) is 10.1 Å². The van der Waals surface area contributed by atoms with E-state index in [1.807, 2.05) is 6.92 Å². The van der Waals surface area contributed by atoms with Crippen molar-refractivity contribution in [3.8, 4) is 0 Å². The van der Waals surface area contributed by atoms with Gasteiger partial charge in [0.2, 0.25) is 5.91 Å². The number of nitrogens with one attached hydrogen (secondary N) is 3. The number of fused-ring (bicyclic) bond motifs is 1. The third-order valence-corrected chi connectivity index (χ3v) is 3.05. The van der Waals surface area contributed by atoms with Crippen LogP contribution in [0.3, 0.4) is 0 Å². The lowest BCUT2D eigenvalue weighted by atomic mass is 10.0. The highest BCUT2D eigenvalue weighted by atomic mass is 16.2. The number of carbonyl (C=O) groups is 1. The largest absolute Gasteiger partial charge is 0.352 e. The summed E-state index contributed by atoms with van der Waals surface area (Å²) in [5.74, 6) is 0.0722. The minimum Gasteiger partial charge on any atom is -0.352 e. The summed E-state index contributed by atoms with van der Waals surface area (Å²) in [6.45, 7) is 4.76. The summed E-state index contributed by atoms with van der Waals surface area (Å²) in [7, 11) is 0. The number of rotatable bonds is 3. The summed E-state index contributed by atoms with van der Waals surface area (Å²) in [4.78, 5) is 19.2. The standard InChI is InChI=1S/C11H18N4O/c1-3-7(2)15-11(16)9-4-8-10(5-12-9)14-6-13-8/h6-7,9,12H,3-5H2,1-2H3,(H,13,14)(H,15,16). The Morgan fingerprint density at radius 3 is 3.31 bits per heavy atom. The maximum atomic E-state index is 11.9. The van der Waals surface area contributed by atoms with Crippen molar-refractivity contribution in [1.82, 2.24) is 20.6 Å². The average Bonchev–Trinajstić information content (AvgIpc) is 2.75. The number of amides is 1. The average molecular weight is 222 g/mol. The lowest BCUT2D eigenvalue weighted by Gasteiger charge is -2.23. The molecule has 1 aliphatic rings. The van der Waals surface area contributed by atoms with Gasteiger partial charge in [-0.05, 0) is 13.3 Å². The van der Waals surface area contributed by atoms with E-state index in [-0.39, 0.29) is 18.0 Å². The molecule has 1 aromatic heterocycles. The van der Waals surface area contributed by atoms with Crippen LogP contribution in [0.2, 0.25) is 0 Å². The van der Waals surface area contributed by atoms with Crippen molar-refractivity contribution in [3.05, 3.63) is 17.7 Å². The molecular weight excluding hydrogens is 204 g/mol. The minimum absolute atomic E-state index is 0.0722. The summed E-state index contributed by atoms with van der Waals surface area (Å²) < 4.78 is 0. The van der Waals surface area contributed by atoms with Crippen molar-refractivity contribution in [2.24, 2.45) is 0 Å². The molecule has 0 aliphatic carbocycles. The van der Waals surface area contributed by atoms with Gasteiger partial charge < -0.3 is 10.3 Å². The van der Waals surface area contributed by atoms with E-state index in [9.17, 15) is 4.79 Å². The van der Waals surface area contributed by atoms with E-state index in [1.54, 1.807) is 6.33 Å². The van der Waals surface area contributed by atoms with Gasteiger partial charge in [0, 0.05) is 19.0 Å². The first-order chi connectivity index (χ1) is 7.70. The molecule has 1 aromatic rings. The van der Waals surface area contributed by atoms with Crippen molar-refractivity contribution < 1.29 is 4.79 Å². The molecule has 2 heterocycles. The number of hydrogen-bond donors (Lipinski definition) is 3. The van der Waals surface area contributed by atoms with Crippen LogP contribution in [0.4, 0.5) is 0 Å². The quantitative estimate of drug-likeness (QED) is 0.690. The number of hydrogen-bond acceptors (Lipinski definition) is 3. The van der Waals surface area contributed by atoms with Gasteiger partial charge in [-0.15, -0.1) is 0 Å². The van der Waals surface area contributed by atoms with Crippen molar-refractivity contribution in [2.45, 2.75) is 45.3 Å². The monoisotopic (exact) mass is 222 g/mol. The van der Waals surface area contributed by atoms with Gasteiger partial charge in [-0.2, -0.15) is 0 Å². The van der Waals surface area contributed by atoms with Crippen LogP contribution in [-0.4, -0.2) is 28.0 Å². The first kappa shape index (κ1) is 11.1. The Morgan fingerprint density at radius 1 is 1.75 bits per heavy atom. The summed E-state index contributed by atoms with van der Waals surface area (Å²) in [5.41, 5.74) is 2.09. The number of imidazole rings is 1. The second kappa shape index (κ2) is 4.65. The summed E-state index contributed by atoms with van der Waals surface area (Å²) in [5, 5.41) is 6.19. The lowest BCUT2D eigenvalue weighted by Crippen LogP contribution is -2.49. The second-order valence-electron chi connectivity index (χ2n) is 4.28. The molecule has 0 saturated carbocycles. The van der Waals surface area contributed by atoms with E-state index in [1.165, 1.54) is 0 Å². The molecule has 0 radical (unpaired) electrons. The number of aromatic amines is 1. The molecule has 5 heteroatoms. The van der Waals surface area contributed by atoms with E-state index in [0.717, 1.165) is 17.8 Å². The van der Waals surface area contributed by atoms with Crippen molar-refractivity contribution >= 4 is 5.91 Å². The third-order valence-electron chi connectivity index (χ3n) is 3.05. The summed E-state index contributed by atoms with van der Waals surface area (Å²) in [6, 6.07) is 0.0830. The molecule has 88 valence electrons. The van der Waals surface area contributed by atoms with Crippen molar-refractivity contribution in [2.75, 3.05) is 0 Å². The predicted molar refractivity (Wildman–Crippen MR) is 60.8 cm³/mol. The molecule has 1 amide bonds. The van der Waals surface area contributed by atoms with Crippen LogP contribution in [0.15, 0.2) is 6.33 Å². The van der Waals surface area contributed by atoms with Crippen LogP contribution < -0.4 is 10.6 Å². The Labute approximate surface area is 95.0 Å². The fourth-order valence-corrected chi connectivity index (χ4v) is 1.80. The van der Waals surface area contributed by atoms with Crippen LogP contribution in [0, 0.1) is 0 Å². The topological polar surface area (TPSA) is 69.8 Å². The normalized spacial score (nSPS) is 21.2. The van der Waals surface area contributed by atoms with E-state index in [4.69, 9.17) is 0 Å². The molecule has 2 atom stereocenters. The van der Waals surface area contributed by atoms with E-state index < -0.39 is 0 Å². The van der Waals surface area contributed by atoms with Gasteiger partial charge >= 0.3 is 0 Å². The smallest absolute Gasteiger partial charge is 0.237 e. The molecule has 3 N–H and O–H groups in total. The van der Waals surface area contributed by atoms with E-state index >= 15 is 0 Å². The van der Waals surface area contributed by atoms with Gasteiger partial charge in [-0.25, -0.2) is 4.98 Å². The Hall–Kier alpha value is -1.36. The van der Waals surface area contributed by atoms with Crippen LogP contribution in [0.25, 0.3) is 0 Å². The van der Waals surface area contributed by atoms with E-state index in [0.29, 0.717) is 13.0 Å². The van der Waals surface area contributed by atoms with E-state index in [2.05, 4.69) is 27.5 Å². The van der Waals surface area contributed by atoms with Crippen LogP contribution >= 0.6 is 0 Å². The van der Waals surface area contributed by atoms with Crippen LogP contribution in [0.1, 0.15) is 31.7 Å². The molecule has 0 bridgehead atoms. The highest BCUT2D eigenvalue weighted by Gasteiger charge is 2.25. The Bertz CT molecular complexity index is 374.